The van der Waals surface area contributed by atoms with Crippen molar-refractivity contribution in [2.75, 3.05) is 58.9 Å². The largest absolute Gasteiger partial charge is 0.370 e. The summed E-state index contributed by atoms with van der Waals surface area (Å²) in [6.07, 6.45) is 11.5. The first kappa shape index (κ1) is 28.1. The average Bonchev–Trinajstić information content (AvgIpc) is 2.80. The van der Waals surface area contributed by atoms with Gasteiger partial charge in [0, 0.05) is 39.0 Å². The number of amides is 2. The Morgan fingerprint density at radius 1 is 0.848 bits per heavy atom. The minimum atomic E-state index is -0.188. The summed E-state index contributed by atoms with van der Waals surface area (Å²) in [7, 11) is 0. The number of carbonyl (C=O) groups is 2. The van der Waals surface area contributed by atoms with Gasteiger partial charge in [-0.25, -0.2) is 0 Å². The Kier molecular flexibility index (Phi) is 14.0. The maximum atomic E-state index is 12.1. The van der Waals surface area contributed by atoms with Crippen molar-refractivity contribution in [3.05, 3.63) is 0 Å². The molecule has 2 rings (SSSR count). The van der Waals surface area contributed by atoms with Gasteiger partial charge in [0.15, 0.2) is 0 Å². The molecule has 7 heteroatoms. The quantitative estimate of drug-likeness (QED) is 0.305. The van der Waals surface area contributed by atoms with E-state index < -0.39 is 0 Å². The van der Waals surface area contributed by atoms with E-state index in [2.05, 4.69) is 34.3 Å². The fraction of sp³-hybridized carbons (Fsp3) is 0.923. The summed E-state index contributed by atoms with van der Waals surface area (Å²) in [6, 6.07) is 0. The number of hydrogen-bond acceptors (Lipinski definition) is 5. The maximum absolute atomic E-state index is 12.1. The van der Waals surface area contributed by atoms with Gasteiger partial charge >= 0.3 is 0 Å². The molecule has 192 valence electrons. The highest BCUT2D eigenvalue weighted by atomic mass is 16.1. The zero-order chi connectivity index (χ0) is 23.9. The minimum Gasteiger partial charge on any atom is -0.370 e. The van der Waals surface area contributed by atoms with Gasteiger partial charge in [0.05, 0.1) is 0 Å². The van der Waals surface area contributed by atoms with Crippen molar-refractivity contribution in [2.24, 2.45) is 23.5 Å². The van der Waals surface area contributed by atoms with Gasteiger partial charge in [0.1, 0.15) is 0 Å². The van der Waals surface area contributed by atoms with E-state index in [9.17, 15) is 9.59 Å². The van der Waals surface area contributed by atoms with E-state index in [4.69, 9.17) is 5.73 Å². The summed E-state index contributed by atoms with van der Waals surface area (Å²) in [5.74, 6) is 2.44. The number of primary amides is 1. The van der Waals surface area contributed by atoms with Crippen LogP contribution in [0, 0.1) is 17.8 Å². The first-order valence-electron chi connectivity index (χ1n) is 13.6. The molecule has 2 amide bonds. The molecule has 0 bridgehead atoms. The van der Waals surface area contributed by atoms with Gasteiger partial charge in [-0.05, 0) is 82.6 Å². The molecule has 2 fully saturated rings. The molecule has 0 aromatic heterocycles. The highest BCUT2D eigenvalue weighted by Crippen LogP contribution is 2.27. The first-order chi connectivity index (χ1) is 15.9. The molecule has 0 radical (unpaired) electrons. The van der Waals surface area contributed by atoms with Crippen LogP contribution >= 0.6 is 0 Å². The lowest BCUT2D eigenvalue weighted by Crippen LogP contribution is -2.38. The average molecular weight is 466 g/mol. The van der Waals surface area contributed by atoms with Crippen LogP contribution in [0.3, 0.4) is 0 Å². The topological polar surface area (TPSA) is 90.7 Å². The third kappa shape index (κ3) is 13.3. The molecular weight excluding hydrogens is 414 g/mol. The maximum Gasteiger partial charge on any atom is 0.221 e. The molecule has 0 unspecified atom stereocenters. The lowest BCUT2D eigenvalue weighted by Gasteiger charge is -2.33. The first-order valence-corrected chi connectivity index (χ1v) is 13.6. The predicted molar refractivity (Wildman–Crippen MR) is 136 cm³/mol. The Balaban J connectivity index is 1.43. The monoisotopic (exact) mass is 465 g/mol. The van der Waals surface area contributed by atoms with Gasteiger partial charge in [-0.3, -0.25) is 9.59 Å². The van der Waals surface area contributed by atoms with Crippen LogP contribution in [0.5, 0.6) is 0 Å². The summed E-state index contributed by atoms with van der Waals surface area (Å²) in [4.78, 5) is 27.9. The number of likely N-dealkylation sites (tertiary alicyclic amines) is 2. The second-order valence-electron chi connectivity index (χ2n) is 10.7. The Labute approximate surface area is 202 Å². The summed E-state index contributed by atoms with van der Waals surface area (Å²) < 4.78 is 0. The van der Waals surface area contributed by atoms with E-state index in [0.717, 1.165) is 76.7 Å². The standard InChI is InChI=1S/C26H51N5O2/c1-22(2)6-13-28-14-15-29-26(33)12-21-31-18-9-24(10-19-31)5-3-4-23-7-16-30(17-8-23)20-11-25(27)32/h22-24,28H,3-21H2,1-2H3,(H2,27,32)(H,29,33). The number of nitrogens with zero attached hydrogens (tertiary/aromatic N) is 2. The van der Waals surface area contributed by atoms with Crippen molar-refractivity contribution in [3.63, 3.8) is 0 Å². The van der Waals surface area contributed by atoms with Crippen LogP contribution in [-0.2, 0) is 9.59 Å². The van der Waals surface area contributed by atoms with Gasteiger partial charge in [-0.2, -0.15) is 0 Å². The van der Waals surface area contributed by atoms with E-state index in [0.29, 0.717) is 12.8 Å². The second-order valence-corrected chi connectivity index (χ2v) is 10.7. The number of nitrogens with one attached hydrogen (secondary N) is 2. The number of piperidine rings is 2. The molecule has 2 aliphatic rings. The van der Waals surface area contributed by atoms with E-state index in [-0.39, 0.29) is 11.8 Å². The van der Waals surface area contributed by atoms with E-state index in [1.54, 1.807) is 0 Å². The van der Waals surface area contributed by atoms with Crippen LogP contribution in [0.25, 0.3) is 0 Å². The fourth-order valence-corrected chi connectivity index (χ4v) is 5.12. The second kappa shape index (κ2) is 16.4. The van der Waals surface area contributed by atoms with Gasteiger partial charge < -0.3 is 26.2 Å². The summed E-state index contributed by atoms with van der Waals surface area (Å²) in [6.45, 7) is 13.3. The van der Waals surface area contributed by atoms with Gasteiger partial charge in [-0.15, -0.1) is 0 Å². The molecule has 2 heterocycles. The molecule has 33 heavy (non-hydrogen) atoms. The normalized spacial score (nSPS) is 19.2. The lowest BCUT2D eigenvalue weighted by atomic mass is 9.87. The Bertz CT molecular complexity index is 541. The number of carbonyl (C=O) groups excluding carboxylic acids is 2. The summed E-state index contributed by atoms with van der Waals surface area (Å²) in [5.41, 5.74) is 5.26. The van der Waals surface area contributed by atoms with Crippen molar-refractivity contribution in [2.45, 2.75) is 78.1 Å². The minimum absolute atomic E-state index is 0.184. The Hall–Kier alpha value is -1.18. The zero-order valence-corrected chi connectivity index (χ0v) is 21.5. The molecule has 2 saturated heterocycles. The molecule has 7 nitrogen and oxygen atoms in total. The third-order valence-corrected chi connectivity index (χ3v) is 7.49. The molecule has 0 spiro atoms. The van der Waals surface area contributed by atoms with Gasteiger partial charge in [-0.1, -0.05) is 33.1 Å². The zero-order valence-electron chi connectivity index (χ0n) is 21.5. The molecule has 2 aliphatic heterocycles. The van der Waals surface area contributed by atoms with Crippen LogP contribution in [0.15, 0.2) is 0 Å². The van der Waals surface area contributed by atoms with Gasteiger partial charge in [0.25, 0.3) is 0 Å². The van der Waals surface area contributed by atoms with Crippen molar-refractivity contribution in [1.82, 2.24) is 20.4 Å². The van der Waals surface area contributed by atoms with E-state index >= 15 is 0 Å². The van der Waals surface area contributed by atoms with Crippen LogP contribution in [-0.4, -0.2) is 80.5 Å². The van der Waals surface area contributed by atoms with Crippen molar-refractivity contribution in [1.29, 1.82) is 0 Å². The van der Waals surface area contributed by atoms with Crippen LogP contribution in [0.2, 0.25) is 0 Å². The Morgan fingerprint density at radius 3 is 1.91 bits per heavy atom. The summed E-state index contributed by atoms with van der Waals surface area (Å²) >= 11 is 0. The third-order valence-electron chi connectivity index (χ3n) is 7.49. The smallest absolute Gasteiger partial charge is 0.221 e. The molecule has 0 saturated carbocycles. The Morgan fingerprint density at radius 2 is 1.39 bits per heavy atom. The summed E-state index contributed by atoms with van der Waals surface area (Å²) in [5, 5.41) is 6.43. The van der Waals surface area contributed by atoms with Crippen molar-refractivity contribution >= 4 is 11.8 Å². The SMILES string of the molecule is CC(C)CCNCCNC(=O)CCN1CCC(CCCC2CCN(CCC(N)=O)CC2)CC1. The highest BCUT2D eigenvalue weighted by molar-refractivity contribution is 5.76. The molecule has 0 aliphatic carbocycles. The van der Waals surface area contributed by atoms with Gasteiger partial charge in [0.2, 0.25) is 11.8 Å². The van der Waals surface area contributed by atoms with Crippen molar-refractivity contribution in [3.8, 4) is 0 Å². The lowest BCUT2D eigenvalue weighted by molar-refractivity contribution is -0.121. The highest BCUT2D eigenvalue weighted by Gasteiger charge is 2.22. The molecule has 0 aromatic carbocycles. The predicted octanol–water partition coefficient (Wildman–Crippen LogP) is 2.60. The van der Waals surface area contributed by atoms with Crippen LogP contribution in [0.1, 0.15) is 78.1 Å². The molecular formula is C26H51N5O2. The van der Waals surface area contributed by atoms with Crippen LogP contribution in [0.4, 0.5) is 0 Å². The van der Waals surface area contributed by atoms with Crippen LogP contribution < -0.4 is 16.4 Å². The number of hydrogen-bond donors (Lipinski definition) is 3. The number of rotatable bonds is 16. The van der Waals surface area contributed by atoms with Crippen molar-refractivity contribution < 1.29 is 9.59 Å². The fourth-order valence-electron chi connectivity index (χ4n) is 5.12. The molecule has 0 atom stereocenters. The van der Waals surface area contributed by atoms with E-state index in [1.165, 1.54) is 51.4 Å². The van der Waals surface area contributed by atoms with E-state index in [1.807, 2.05) is 0 Å². The molecule has 0 aromatic rings. The number of nitrogens with two attached hydrogens (primary N) is 1. The molecule has 4 N–H and O–H groups in total.